The highest BCUT2D eigenvalue weighted by molar-refractivity contribution is 6.00. The molecular weight excluding hydrogens is 206 g/mol. The minimum atomic E-state index is -2.74. The first-order valence-corrected chi connectivity index (χ1v) is 4.09. The molecule has 1 aromatic carbocycles. The minimum Gasteiger partial charge on any atom is -0.478 e. The number of aromatic carboxylic acids is 1. The fourth-order valence-electron chi connectivity index (χ4n) is 1.33. The van der Waals surface area contributed by atoms with Gasteiger partial charge in [-0.15, -0.1) is 0 Å². The van der Waals surface area contributed by atoms with Gasteiger partial charge in [-0.05, 0) is 12.1 Å². The number of para-hydroxylation sites is 1. The molecule has 6 heteroatoms. The fraction of sp³-hybridized carbons (Fsp3) is 0.111. The smallest absolute Gasteiger partial charge is 0.337 e. The molecule has 0 saturated heterocycles. The van der Waals surface area contributed by atoms with Crippen molar-refractivity contribution >= 4 is 17.0 Å². The van der Waals surface area contributed by atoms with Gasteiger partial charge in [-0.1, -0.05) is 6.07 Å². The first-order valence-electron chi connectivity index (χ1n) is 4.09. The maximum absolute atomic E-state index is 12.3. The number of imidazole rings is 1. The zero-order valence-electron chi connectivity index (χ0n) is 7.37. The number of rotatable bonds is 2. The van der Waals surface area contributed by atoms with Gasteiger partial charge in [0.05, 0.1) is 16.6 Å². The van der Waals surface area contributed by atoms with Crippen molar-refractivity contribution in [2.24, 2.45) is 0 Å². The summed E-state index contributed by atoms with van der Waals surface area (Å²) in [5.74, 6) is -1.69. The van der Waals surface area contributed by atoms with E-state index in [4.69, 9.17) is 5.11 Å². The Kier molecular flexibility index (Phi) is 2.11. The topological polar surface area (TPSA) is 66.0 Å². The van der Waals surface area contributed by atoms with Crippen molar-refractivity contribution in [3.8, 4) is 0 Å². The second-order valence-electron chi connectivity index (χ2n) is 2.93. The van der Waals surface area contributed by atoms with Gasteiger partial charge >= 0.3 is 5.97 Å². The number of carboxylic acids is 1. The lowest BCUT2D eigenvalue weighted by atomic mass is 10.2. The fourth-order valence-corrected chi connectivity index (χ4v) is 1.33. The lowest BCUT2D eigenvalue weighted by Gasteiger charge is -1.94. The lowest BCUT2D eigenvalue weighted by molar-refractivity contribution is 0.0698. The average Bonchev–Trinajstić information content (AvgIpc) is 2.60. The Hall–Kier alpha value is -1.98. The van der Waals surface area contributed by atoms with Crippen LogP contribution < -0.4 is 0 Å². The molecule has 0 unspecified atom stereocenters. The molecule has 0 fully saturated rings. The minimum absolute atomic E-state index is 0.0631. The van der Waals surface area contributed by atoms with Gasteiger partial charge in [-0.3, -0.25) is 0 Å². The van der Waals surface area contributed by atoms with Gasteiger partial charge in [0.1, 0.15) is 0 Å². The van der Waals surface area contributed by atoms with E-state index in [1.165, 1.54) is 18.2 Å². The molecular formula is C9H6F2N2O2. The summed E-state index contributed by atoms with van der Waals surface area (Å²) in [6.45, 7) is 0. The van der Waals surface area contributed by atoms with Gasteiger partial charge in [0.15, 0.2) is 5.82 Å². The van der Waals surface area contributed by atoms with Crippen LogP contribution in [-0.4, -0.2) is 21.0 Å². The van der Waals surface area contributed by atoms with E-state index >= 15 is 0 Å². The van der Waals surface area contributed by atoms with Gasteiger partial charge in [-0.2, -0.15) is 0 Å². The number of nitrogens with zero attached hydrogens (tertiary/aromatic N) is 1. The summed E-state index contributed by atoms with van der Waals surface area (Å²) in [5.41, 5.74) is 0.289. The first kappa shape index (κ1) is 9.57. The van der Waals surface area contributed by atoms with E-state index < -0.39 is 18.2 Å². The summed E-state index contributed by atoms with van der Waals surface area (Å²) in [4.78, 5) is 16.6. The number of hydrogen-bond acceptors (Lipinski definition) is 2. The number of fused-ring (bicyclic) bond motifs is 1. The van der Waals surface area contributed by atoms with Gasteiger partial charge < -0.3 is 10.1 Å². The van der Waals surface area contributed by atoms with Crippen molar-refractivity contribution < 1.29 is 18.7 Å². The second kappa shape index (κ2) is 3.30. The van der Waals surface area contributed by atoms with Gasteiger partial charge in [0.25, 0.3) is 6.43 Å². The van der Waals surface area contributed by atoms with Gasteiger partial charge in [-0.25, -0.2) is 18.6 Å². The van der Waals surface area contributed by atoms with Crippen molar-refractivity contribution in [1.82, 2.24) is 9.97 Å². The van der Waals surface area contributed by atoms with Crippen LogP contribution in [0.5, 0.6) is 0 Å². The number of benzene rings is 1. The summed E-state index contributed by atoms with van der Waals surface area (Å²) < 4.78 is 24.6. The van der Waals surface area contributed by atoms with E-state index in [1.807, 2.05) is 0 Å². The van der Waals surface area contributed by atoms with Crippen molar-refractivity contribution in [2.75, 3.05) is 0 Å². The summed E-state index contributed by atoms with van der Waals surface area (Å²) in [7, 11) is 0. The quantitative estimate of drug-likeness (QED) is 0.801. The van der Waals surface area contributed by atoms with Crippen LogP contribution in [0.1, 0.15) is 22.6 Å². The highest BCUT2D eigenvalue weighted by Gasteiger charge is 2.16. The number of H-pyrrole nitrogens is 1. The molecule has 2 aromatic rings. The Balaban J connectivity index is 2.70. The van der Waals surface area contributed by atoms with Crippen molar-refractivity contribution in [1.29, 1.82) is 0 Å². The Morgan fingerprint density at radius 3 is 2.80 bits per heavy atom. The summed E-state index contributed by atoms with van der Waals surface area (Å²) >= 11 is 0. The van der Waals surface area contributed by atoms with Gasteiger partial charge in [0.2, 0.25) is 0 Å². The van der Waals surface area contributed by atoms with E-state index in [0.29, 0.717) is 0 Å². The molecule has 15 heavy (non-hydrogen) atoms. The largest absolute Gasteiger partial charge is 0.478 e. The third kappa shape index (κ3) is 1.54. The van der Waals surface area contributed by atoms with Crippen LogP contribution in [0.15, 0.2) is 18.2 Å². The predicted octanol–water partition coefficient (Wildman–Crippen LogP) is 2.20. The van der Waals surface area contributed by atoms with Crippen LogP contribution in [0.3, 0.4) is 0 Å². The predicted molar refractivity (Wildman–Crippen MR) is 48.0 cm³/mol. The average molecular weight is 212 g/mol. The maximum Gasteiger partial charge on any atom is 0.337 e. The number of nitrogens with one attached hydrogen (secondary N) is 1. The van der Waals surface area contributed by atoms with E-state index in [9.17, 15) is 13.6 Å². The summed E-state index contributed by atoms with van der Waals surface area (Å²) in [6, 6.07) is 4.27. The monoisotopic (exact) mass is 212 g/mol. The highest BCUT2D eigenvalue weighted by Crippen LogP contribution is 2.22. The number of aromatic nitrogens is 2. The Morgan fingerprint density at radius 1 is 1.47 bits per heavy atom. The molecule has 78 valence electrons. The molecule has 0 bridgehead atoms. The van der Waals surface area contributed by atoms with E-state index in [2.05, 4.69) is 9.97 Å². The molecule has 0 aliphatic carbocycles. The van der Waals surface area contributed by atoms with Crippen molar-refractivity contribution in [3.05, 3.63) is 29.6 Å². The number of hydrogen-bond donors (Lipinski definition) is 2. The highest BCUT2D eigenvalue weighted by atomic mass is 19.3. The number of carbonyl (C=O) groups is 1. The van der Waals surface area contributed by atoms with Crippen LogP contribution >= 0.6 is 0 Å². The molecule has 2 N–H and O–H groups in total. The third-order valence-electron chi connectivity index (χ3n) is 1.97. The van der Waals surface area contributed by atoms with E-state index in [-0.39, 0.29) is 16.6 Å². The van der Waals surface area contributed by atoms with Crippen LogP contribution in [0.4, 0.5) is 8.78 Å². The number of halogens is 2. The molecule has 2 rings (SSSR count). The lowest BCUT2D eigenvalue weighted by Crippen LogP contribution is -1.96. The Labute approximate surface area is 82.6 Å². The second-order valence-corrected chi connectivity index (χ2v) is 2.93. The molecule has 0 amide bonds. The summed E-state index contributed by atoms with van der Waals surface area (Å²) in [6.07, 6.45) is -2.74. The normalized spacial score (nSPS) is 11.1. The molecule has 0 aliphatic heterocycles. The first-order chi connectivity index (χ1) is 7.09. The molecule has 4 nitrogen and oxygen atoms in total. The Bertz CT molecular complexity index is 522. The van der Waals surface area contributed by atoms with E-state index in [1.54, 1.807) is 0 Å². The van der Waals surface area contributed by atoms with Crippen LogP contribution in [0, 0.1) is 0 Å². The zero-order chi connectivity index (χ0) is 11.0. The number of aromatic amines is 1. The van der Waals surface area contributed by atoms with Crippen LogP contribution in [0.25, 0.3) is 11.0 Å². The molecule has 0 spiro atoms. The summed E-state index contributed by atoms with van der Waals surface area (Å²) in [5, 5.41) is 8.80. The van der Waals surface area contributed by atoms with Gasteiger partial charge in [0, 0.05) is 0 Å². The SMILES string of the molecule is O=C(O)c1cccc2nc(C(F)F)[nH]c12. The Morgan fingerprint density at radius 2 is 2.20 bits per heavy atom. The molecule has 1 heterocycles. The number of alkyl halides is 2. The molecule has 0 radical (unpaired) electrons. The number of carboxylic acid groups (broad SMARTS) is 1. The zero-order valence-corrected chi connectivity index (χ0v) is 7.37. The third-order valence-corrected chi connectivity index (χ3v) is 1.97. The van der Waals surface area contributed by atoms with Crippen molar-refractivity contribution in [2.45, 2.75) is 6.43 Å². The molecule has 0 saturated carbocycles. The standard InChI is InChI=1S/C9H6F2N2O2/c10-7(11)8-12-5-3-1-2-4(9(14)15)6(5)13-8/h1-3,7H,(H,12,13)(H,14,15). The molecule has 0 aliphatic rings. The van der Waals surface area contributed by atoms with Crippen LogP contribution in [-0.2, 0) is 0 Å². The van der Waals surface area contributed by atoms with Crippen molar-refractivity contribution in [3.63, 3.8) is 0 Å². The molecule has 1 aromatic heterocycles. The van der Waals surface area contributed by atoms with E-state index in [0.717, 1.165) is 0 Å². The maximum atomic E-state index is 12.3. The molecule has 0 atom stereocenters. The van der Waals surface area contributed by atoms with Crippen LogP contribution in [0.2, 0.25) is 0 Å².